The second-order valence-corrected chi connectivity index (χ2v) is 2.29. The first-order valence-electron chi connectivity index (χ1n) is 3.51. The van der Waals surface area contributed by atoms with Crippen LogP contribution in [-0.2, 0) is 4.79 Å². The molecule has 0 aromatic rings. The molecule has 0 fully saturated rings. The largest absolute Gasteiger partial charge is 0.342 e. The topological polar surface area (TPSA) is 20.3 Å². The lowest BCUT2D eigenvalue weighted by Crippen LogP contribution is -2.26. The third-order valence-electron chi connectivity index (χ3n) is 1.59. The van der Waals surface area contributed by atoms with Crippen molar-refractivity contribution < 1.29 is 4.79 Å². The Morgan fingerprint density at radius 2 is 2.10 bits per heavy atom. The zero-order valence-electron chi connectivity index (χ0n) is 7.14. The SMILES string of the molecule is C/C=C(/C)C(=O)N(C)CC. The molecule has 0 aliphatic rings. The van der Waals surface area contributed by atoms with Gasteiger partial charge >= 0.3 is 0 Å². The number of rotatable bonds is 2. The predicted molar refractivity (Wildman–Crippen MR) is 42.7 cm³/mol. The summed E-state index contributed by atoms with van der Waals surface area (Å²) < 4.78 is 0. The quantitative estimate of drug-likeness (QED) is 0.533. The Kier molecular flexibility index (Phi) is 3.77. The number of likely N-dealkylation sites (N-methyl/N-ethyl adjacent to an activating group) is 1. The Morgan fingerprint density at radius 1 is 1.60 bits per heavy atom. The lowest BCUT2D eigenvalue weighted by molar-refractivity contribution is -0.125. The standard InChI is InChI=1S/C8H15NO/c1-5-7(3)8(10)9(4)6-2/h5H,6H2,1-4H3/b7-5-. The summed E-state index contributed by atoms with van der Waals surface area (Å²) in [5.41, 5.74) is 0.810. The van der Waals surface area contributed by atoms with Crippen LogP contribution in [0.25, 0.3) is 0 Å². The van der Waals surface area contributed by atoms with Crippen LogP contribution in [0.1, 0.15) is 20.8 Å². The Hall–Kier alpha value is -0.790. The number of carbonyl (C=O) groups excluding carboxylic acids is 1. The summed E-state index contributed by atoms with van der Waals surface area (Å²) in [5.74, 6) is 0.116. The van der Waals surface area contributed by atoms with Crippen LogP contribution in [-0.4, -0.2) is 24.4 Å². The maximum Gasteiger partial charge on any atom is 0.248 e. The molecule has 0 atom stereocenters. The number of amides is 1. The van der Waals surface area contributed by atoms with Gasteiger partial charge in [0.25, 0.3) is 0 Å². The molecule has 0 heterocycles. The van der Waals surface area contributed by atoms with E-state index >= 15 is 0 Å². The molecule has 0 aromatic carbocycles. The van der Waals surface area contributed by atoms with Gasteiger partial charge in [0.2, 0.25) is 5.91 Å². The van der Waals surface area contributed by atoms with Crippen LogP contribution in [0.3, 0.4) is 0 Å². The minimum absolute atomic E-state index is 0.116. The Bertz CT molecular complexity index is 149. The molecule has 0 saturated heterocycles. The molecule has 2 nitrogen and oxygen atoms in total. The lowest BCUT2D eigenvalue weighted by Gasteiger charge is -2.13. The predicted octanol–water partition coefficient (Wildman–Crippen LogP) is 1.43. The number of allylic oxidation sites excluding steroid dienone is 1. The number of hydrogen-bond acceptors (Lipinski definition) is 1. The van der Waals surface area contributed by atoms with E-state index in [1.807, 2.05) is 26.8 Å². The molecule has 2 heteroatoms. The fourth-order valence-electron chi connectivity index (χ4n) is 0.568. The summed E-state index contributed by atoms with van der Waals surface area (Å²) in [6.07, 6.45) is 1.83. The Balaban J connectivity index is 4.08. The smallest absolute Gasteiger partial charge is 0.248 e. The summed E-state index contributed by atoms with van der Waals surface area (Å²) in [6, 6.07) is 0. The van der Waals surface area contributed by atoms with E-state index in [4.69, 9.17) is 0 Å². The van der Waals surface area contributed by atoms with Gasteiger partial charge in [-0.2, -0.15) is 0 Å². The van der Waals surface area contributed by atoms with Crippen molar-refractivity contribution in [3.05, 3.63) is 11.6 Å². The van der Waals surface area contributed by atoms with E-state index in [9.17, 15) is 4.79 Å². The molecular formula is C8H15NO. The zero-order chi connectivity index (χ0) is 8.15. The molecule has 0 radical (unpaired) electrons. The van der Waals surface area contributed by atoms with E-state index in [0.29, 0.717) is 0 Å². The van der Waals surface area contributed by atoms with Crippen molar-refractivity contribution in [1.29, 1.82) is 0 Å². The molecule has 0 aromatic heterocycles. The lowest BCUT2D eigenvalue weighted by atomic mass is 10.2. The van der Waals surface area contributed by atoms with Crippen molar-refractivity contribution in [1.82, 2.24) is 4.90 Å². The van der Waals surface area contributed by atoms with E-state index in [1.54, 1.807) is 11.9 Å². The van der Waals surface area contributed by atoms with Gasteiger partial charge in [0.15, 0.2) is 0 Å². The van der Waals surface area contributed by atoms with Crippen LogP contribution >= 0.6 is 0 Å². The van der Waals surface area contributed by atoms with Gasteiger partial charge in [0, 0.05) is 19.2 Å². The first-order chi connectivity index (χ1) is 4.63. The van der Waals surface area contributed by atoms with Gasteiger partial charge in [0.1, 0.15) is 0 Å². The van der Waals surface area contributed by atoms with Gasteiger partial charge in [-0.25, -0.2) is 0 Å². The highest BCUT2D eigenvalue weighted by atomic mass is 16.2. The molecule has 0 rings (SSSR count). The number of hydrogen-bond donors (Lipinski definition) is 0. The van der Waals surface area contributed by atoms with Crippen molar-refractivity contribution in [3.8, 4) is 0 Å². The van der Waals surface area contributed by atoms with Crippen LogP contribution in [0, 0.1) is 0 Å². The molecule has 0 bridgehead atoms. The van der Waals surface area contributed by atoms with Crippen LogP contribution in [0.15, 0.2) is 11.6 Å². The van der Waals surface area contributed by atoms with Gasteiger partial charge in [-0.05, 0) is 20.8 Å². The highest BCUT2D eigenvalue weighted by Crippen LogP contribution is 1.97. The van der Waals surface area contributed by atoms with Crippen molar-refractivity contribution in [2.45, 2.75) is 20.8 Å². The van der Waals surface area contributed by atoms with E-state index in [0.717, 1.165) is 12.1 Å². The Labute approximate surface area is 62.5 Å². The van der Waals surface area contributed by atoms with E-state index < -0.39 is 0 Å². The second kappa shape index (κ2) is 4.09. The summed E-state index contributed by atoms with van der Waals surface area (Å²) in [7, 11) is 1.80. The minimum Gasteiger partial charge on any atom is -0.342 e. The molecule has 0 aliphatic heterocycles. The fourth-order valence-corrected chi connectivity index (χ4v) is 0.568. The van der Waals surface area contributed by atoms with Crippen LogP contribution in [0.4, 0.5) is 0 Å². The maximum absolute atomic E-state index is 11.2. The fraction of sp³-hybridized carbons (Fsp3) is 0.625. The van der Waals surface area contributed by atoms with Gasteiger partial charge in [0.05, 0.1) is 0 Å². The maximum atomic E-state index is 11.2. The average molecular weight is 141 g/mol. The van der Waals surface area contributed by atoms with Crippen molar-refractivity contribution in [2.24, 2.45) is 0 Å². The highest BCUT2D eigenvalue weighted by Gasteiger charge is 2.06. The van der Waals surface area contributed by atoms with Crippen molar-refractivity contribution in [3.63, 3.8) is 0 Å². The minimum atomic E-state index is 0.116. The molecule has 10 heavy (non-hydrogen) atoms. The number of carbonyl (C=O) groups is 1. The third-order valence-corrected chi connectivity index (χ3v) is 1.59. The van der Waals surface area contributed by atoms with E-state index in [-0.39, 0.29) is 5.91 Å². The summed E-state index contributed by atoms with van der Waals surface area (Å²) in [6.45, 7) is 6.43. The van der Waals surface area contributed by atoms with E-state index in [2.05, 4.69) is 0 Å². The summed E-state index contributed by atoms with van der Waals surface area (Å²) in [5, 5.41) is 0. The first-order valence-corrected chi connectivity index (χ1v) is 3.51. The first kappa shape index (κ1) is 9.21. The molecule has 0 saturated carbocycles. The van der Waals surface area contributed by atoms with Crippen molar-refractivity contribution >= 4 is 5.91 Å². The molecule has 0 spiro atoms. The zero-order valence-corrected chi connectivity index (χ0v) is 7.14. The van der Waals surface area contributed by atoms with Crippen LogP contribution in [0.5, 0.6) is 0 Å². The monoisotopic (exact) mass is 141 g/mol. The molecule has 0 aliphatic carbocycles. The summed E-state index contributed by atoms with van der Waals surface area (Å²) >= 11 is 0. The van der Waals surface area contributed by atoms with Gasteiger partial charge < -0.3 is 4.90 Å². The number of nitrogens with zero attached hydrogens (tertiary/aromatic N) is 1. The summed E-state index contributed by atoms with van der Waals surface area (Å²) in [4.78, 5) is 12.9. The second-order valence-electron chi connectivity index (χ2n) is 2.29. The Morgan fingerprint density at radius 3 is 2.40 bits per heavy atom. The molecule has 58 valence electrons. The third kappa shape index (κ3) is 2.21. The normalized spacial score (nSPS) is 11.4. The van der Waals surface area contributed by atoms with E-state index in [1.165, 1.54) is 0 Å². The van der Waals surface area contributed by atoms with Crippen LogP contribution in [0.2, 0.25) is 0 Å². The molecule has 1 amide bonds. The van der Waals surface area contributed by atoms with Crippen molar-refractivity contribution in [2.75, 3.05) is 13.6 Å². The van der Waals surface area contributed by atoms with Crippen LogP contribution < -0.4 is 0 Å². The van der Waals surface area contributed by atoms with Gasteiger partial charge in [-0.3, -0.25) is 4.79 Å². The highest BCUT2D eigenvalue weighted by molar-refractivity contribution is 5.92. The van der Waals surface area contributed by atoms with Gasteiger partial charge in [-0.15, -0.1) is 0 Å². The molecule has 0 unspecified atom stereocenters. The molecule has 0 N–H and O–H groups in total. The average Bonchev–Trinajstić information content (AvgIpc) is 2.00. The molecular weight excluding hydrogens is 126 g/mol. The van der Waals surface area contributed by atoms with Gasteiger partial charge in [-0.1, -0.05) is 6.08 Å².